The molecule has 0 fully saturated rings. The average Bonchev–Trinajstić information content (AvgIpc) is 2.46. The maximum Gasteiger partial charge on any atom is 0.417 e. The van der Waals surface area contributed by atoms with Gasteiger partial charge in [-0.05, 0) is 30.3 Å². The molecule has 0 radical (unpaired) electrons. The van der Waals surface area contributed by atoms with Gasteiger partial charge in [0.15, 0.2) is 0 Å². The molecule has 0 amide bonds. The van der Waals surface area contributed by atoms with Crippen LogP contribution in [0.4, 0.5) is 24.5 Å². The zero-order valence-electron chi connectivity index (χ0n) is 11.0. The Morgan fingerprint density at radius 2 is 1.81 bits per heavy atom. The largest absolute Gasteiger partial charge is 0.497 e. The highest BCUT2D eigenvalue weighted by atomic mass is 19.4. The van der Waals surface area contributed by atoms with Crippen molar-refractivity contribution in [2.24, 2.45) is 0 Å². The fourth-order valence-electron chi connectivity index (χ4n) is 1.83. The number of hydrogen-bond acceptors (Lipinski definition) is 3. The summed E-state index contributed by atoms with van der Waals surface area (Å²) in [5, 5.41) is 11.8. The third kappa shape index (κ3) is 3.45. The molecule has 0 aliphatic carbocycles. The molecule has 108 valence electrons. The Hall–Kier alpha value is -2.68. The number of nitrogens with zero attached hydrogens (tertiary/aromatic N) is 1. The van der Waals surface area contributed by atoms with Gasteiger partial charge in [0.25, 0.3) is 0 Å². The summed E-state index contributed by atoms with van der Waals surface area (Å²) in [6, 6.07) is 11.8. The van der Waals surface area contributed by atoms with Crippen LogP contribution in [-0.4, -0.2) is 7.11 Å². The molecule has 0 aliphatic heterocycles. The number of nitriles is 1. The Morgan fingerprint density at radius 3 is 2.43 bits per heavy atom. The fourth-order valence-corrected chi connectivity index (χ4v) is 1.83. The number of methoxy groups -OCH3 is 1. The van der Waals surface area contributed by atoms with Crippen molar-refractivity contribution in [1.29, 1.82) is 5.26 Å². The molecule has 3 nitrogen and oxygen atoms in total. The highest BCUT2D eigenvalue weighted by Crippen LogP contribution is 2.33. The highest BCUT2D eigenvalue weighted by Gasteiger charge is 2.33. The fraction of sp³-hybridized carbons (Fsp3) is 0.133. The summed E-state index contributed by atoms with van der Waals surface area (Å²) in [5.74, 6) is 0.618. The molecule has 6 heteroatoms. The maximum absolute atomic E-state index is 12.7. The second kappa shape index (κ2) is 5.75. The lowest BCUT2D eigenvalue weighted by molar-refractivity contribution is -0.137. The number of nitrogens with one attached hydrogen (secondary N) is 1. The first kappa shape index (κ1) is 14.7. The van der Waals surface area contributed by atoms with Crippen molar-refractivity contribution < 1.29 is 17.9 Å². The maximum atomic E-state index is 12.7. The van der Waals surface area contributed by atoms with Gasteiger partial charge in [0.2, 0.25) is 0 Å². The Bertz CT molecular complexity index is 690. The summed E-state index contributed by atoms with van der Waals surface area (Å²) >= 11 is 0. The van der Waals surface area contributed by atoms with Crippen LogP contribution in [0.3, 0.4) is 0 Å². The molecule has 0 aliphatic rings. The third-order valence-electron chi connectivity index (χ3n) is 2.80. The van der Waals surface area contributed by atoms with Crippen molar-refractivity contribution in [3.05, 3.63) is 53.6 Å². The molecule has 0 aromatic heterocycles. The second-order valence-corrected chi connectivity index (χ2v) is 4.23. The van der Waals surface area contributed by atoms with Crippen LogP contribution in [0.2, 0.25) is 0 Å². The van der Waals surface area contributed by atoms with E-state index in [1.165, 1.54) is 19.2 Å². The third-order valence-corrected chi connectivity index (χ3v) is 2.80. The van der Waals surface area contributed by atoms with Crippen LogP contribution < -0.4 is 10.1 Å². The summed E-state index contributed by atoms with van der Waals surface area (Å²) < 4.78 is 43.2. The van der Waals surface area contributed by atoms with Crippen molar-refractivity contribution in [2.45, 2.75) is 6.18 Å². The van der Waals surface area contributed by atoms with Gasteiger partial charge in [-0.1, -0.05) is 6.07 Å². The molecule has 0 spiro atoms. The number of anilines is 2. The Balaban J connectivity index is 2.32. The van der Waals surface area contributed by atoms with Crippen LogP contribution >= 0.6 is 0 Å². The van der Waals surface area contributed by atoms with Crippen molar-refractivity contribution in [1.82, 2.24) is 0 Å². The number of rotatable bonds is 3. The first-order valence-electron chi connectivity index (χ1n) is 5.96. The smallest absolute Gasteiger partial charge is 0.417 e. The molecule has 0 atom stereocenters. The molecule has 2 rings (SSSR count). The van der Waals surface area contributed by atoms with Gasteiger partial charge >= 0.3 is 6.18 Å². The van der Waals surface area contributed by atoms with E-state index >= 15 is 0 Å². The normalized spacial score (nSPS) is 10.8. The van der Waals surface area contributed by atoms with Crippen LogP contribution in [-0.2, 0) is 6.18 Å². The molecule has 0 saturated carbocycles. The molecule has 0 bridgehead atoms. The monoisotopic (exact) mass is 292 g/mol. The summed E-state index contributed by atoms with van der Waals surface area (Å²) in [6.07, 6.45) is -4.54. The lowest BCUT2D eigenvalue weighted by Crippen LogP contribution is -2.08. The Labute approximate surface area is 119 Å². The van der Waals surface area contributed by atoms with Crippen LogP contribution in [0.1, 0.15) is 11.1 Å². The Kier molecular flexibility index (Phi) is 4.03. The highest BCUT2D eigenvalue weighted by molar-refractivity contribution is 5.64. The van der Waals surface area contributed by atoms with E-state index in [9.17, 15) is 13.2 Å². The first-order valence-corrected chi connectivity index (χ1v) is 5.96. The second-order valence-electron chi connectivity index (χ2n) is 4.23. The molecule has 1 N–H and O–H groups in total. The van der Waals surface area contributed by atoms with E-state index < -0.39 is 17.3 Å². The number of halogens is 3. The summed E-state index contributed by atoms with van der Waals surface area (Å²) in [6.45, 7) is 0. The Morgan fingerprint density at radius 1 is 1.10 bits per heavy atom. The van der Waals surface area contributed by atoms with E-state index in [1.54, 1.807) is 30.3 Å². The standard InChI is InChI=1S/C15H11F3N2O/c1-21-13-4-2-3-11(8-13)20-12-5-6-14(15(16,17)18)10(7-12)9-19/h2-8,20H,1H3. The van der Waals surface area contributed by atoms with Crippen molar-refractivity contribution >= 4 is 11.4 Å². The van der Waals surface area contributed by atoms with Gasteiger partial charge in [-0.15, -0.1) is 0 Å². The number of ether oxygens (including phenoxy) is 1. The van der Waals surface area contributed by atoms with Crippen molar-refractivity contribution in [2.75, 3.05) is 12.4 Å². The topological polar surface area (TPSA) is 45.0 Å². The number of benzene rings is 2. The van der Waals surface area contributed by atoms with E-state index in [0.29, 0.717) is 17.1 Å². The van der Waals surface area contributed by atoms with E-state index in [0.717, 1.165) is 6.07 Å². The zero-order chi connectivity index (χ0) is 15.5. The molecule has 2 aromatic carbocycles. The van der Waals surface area contributed by atoms with E-state index in [4.69, 9.17) is 10.00 Å². The number of alkyl halides is 3. The van der Waals surface area contributed by atoms with E-state index in [-0.39, 0.29) is 0 Å². The predicted molar refractivity (Wildman–Crippen MR) is 72.4 cm³/mol. The molecule has 0 heterocycles. The minimum Gasteiger partial charge on any atom is -0.497 e. The van der Waals surface area contributed by atoms with Crippen LogP contribution in [0.5, 0.6) is 5.75 Å². The van der Waals surface area contributed by atoms with Crippen molar-refractivity contribution in [3.63, 3.8) is 0 Å². The lowest BCUT2D eigenvalue weighted by Gasteiger charge is -2.12. The zero-order valence-corrected chi connectivity index (χ0v) is 11.0. The minimum absolute atomic E-state index is 0.396. The van der Waals surface area contributed by atoms with E-state index in [2.05, 4.69) is 5.32 Å². The molecule has 0 unspecified atom stereocenters. The van der Waals surface area contributed by atoms with Crippen LogP contribution in [0.25, 0.3) is 0 Å². The van der Waals surface area contributed by atoms with Gasteiger partial charge in [-0.3, -0.25) is 0 Å². The lowest BCUT2D eigenvalue weighted by atomic mass is 10.1. The summed E-state index contributed by atoms with van der Waals surface area (Å²) in [4.78, 5) is 0. The van der Waals surface area contributed by atoms with Crippen molar-refractivity contribution in [3.8, 4) is 11.8 Å². The average molecular weight is 292 g/mol. The van der Waals surface area contributed by atoms with Gasteiger partial charge in [0, 0.05) is 17.4 Å². The van der Waals surface area contributed by atoms with Gasteiger partial charge in [0.1, 0.15) is 5.75 Å². The van der Waals surface area contributed by atoms with Crippen LogP contribution in [0, 0.1) is 11.3 Å². The SMILES string of the molecule is COc1cccc(Nc2ccc(C(F)(F)F)c(C#N)c2)c1. The quantitative estimate of drug-likeness (QED) is 0.915. The first-order chi connectivity index (χ1) is 9.94. The molecule has 21 heavy (non-hydrogen) atoms. The van der Waals surface area contributed by atoms with Gasteiger partial charge in [-0.2, -0.15) is 18.4 Å². The van der Waals surface area contributed by atoms with Gasteiger partial charge in [-0.25, -0.2) is 0 Å². The molecular weight excluding hydrogens is 281 g/mol. The number of hydrogen-bond donors (Lipinski definition) is 1. The molecular formula is C15H11F3N2O. The van der Waals surface area contributed by atoms with Gasteiger partial charge < -0.3 is 10.1 Å². The van der Waals surface area contributed by atoms with Gasteiger partial charge in [0.05, 0.1) is 24.3 Å². The minimum atomic E-state index is -4.54. The summed E-state index contributed by atoms with van der Waals surface area (Å²) in [5.41, 5.74) is -0.317. The summed E-state index contributed by atoms with van der Waals surface area (Å²) in [7, 11) is 1.52. The molecule has 0 saturated heterocycles. The predicted octanol–water partition coefficient (Wildman–Crippen LogP) is 4.33. The van der Waals surface area contributed by atoms with Crippen LogP contribution in [0.15, 0.2) is 42.5 Å². The van der Waals surface area contributed by atoms with E-state index in [1.807, 2.05) is 0 Å². The molecule has 2 aromatic rings.